The van der Waals surface area contributed by atoms with Crippen LogP contribution in [0.15, 0.2) is 18.2 Å². The lowest BCUT2D eigenvalue weighted by molar-refractivity contribution is 0.0635. The van der Waals surface area contributed by atoms with Crippen LogP contribution in [0.4, 0.5) is 10.5 Å². The van der Waals surface area contributed by atoms with Crippen LogP contribution in [0.5, 0.6) is 5.75 Å². The zero-order chi connectivity index (χ0) is 15.6. The third kappa shape index (κ3) is 5.48. The summed E-state index contributed by atoms with van der Waals surface area (Å²) >= 11 is 0. The topological polar surface area (TPSA) is 81.7 Å². The molecule has 0 saturated carbocycles. The summed E-state index contributed by atoms with van der Waals surface area (Å²) in [5.74, 6) is 0.0841. The fourth-order valence-electron chi connectivity index (χ4n) is 1.43. The van der Waals surface area contributed by atoms with Gasteiger partial charge in [0.1, 0.15) is 5.60 Å². The van der Waals surface area contributed by atoms with Crippen molar-refractivity contribution >= 4 is 21.9 Å². The van der Waals surface area contributed by atoms with E-state index in [1.165, 1.54) is 6.07 Å². The third-order valence-corrected chi connectivity index (χ3v) is 2.55. The molecule has 20 heavy (non-hydrogen) atoms. The van der Waals surface area contributed by atoms with Crippen molar-refractivity contribution in [3.05, 3.63) is 23.8 Å². The van der Waals surface area contributed by atoms with Crippen LogP contribution in [0.25, 0.3) is 0 Å². The van der Waals surface area contributed by atoms with Crippen molar-refractivity contribution in [3.8, 4) is 5.75 Å². The van der Waals surface area contributed by atoms with Crippen LogP contribution in [-0.2, 0) is 14.9 Å². The fourth-order valence-corrected chi connectivity index (χ4v) is 1.95. The van der Waals surface area contributed by atoms with Gasteiger partial charge < -0.3 is 8.92 Å². The summed E-state index contributed by atoms with van der Waals surface area (Å²) in [4.78, 5) is 11.7. The summed E-state index contributed by atoms with van der Waals surface area (Å²) in [6.45, 7) is 6.88. The maximum absolute atomic E-state index is 11.7. The van der Waals surface area contributed by atoms with Gasteiger partial charge in [-0.25, -0.2) is 4.79 Å². The fraction of sp³-hybridized carbons (Fsp3) is 0.462. The lowest BCUT2D eigenvalue weighted by Crippen LogP contribution is -2.27. The summed E-state index contributed by atoms with van der Waals surface area (Å²) in [6, 6.07) is 4.90. The highest BCUT2D eigenvalue weighted by Crippen LogP contribution is 2.30. The molecule has 0 aliphatic rings. The van der Waals surface area contributed by atoms with Gasteiger partial charge in [-0.3, -0.25) is 5.32 Å². The standard InChI is InChI=1S/C13H19NO5S/c1-9-7-6-8-10(11(9)19-20(5,16)17)14-12(15)18-13(2,3)4/h6-8H,1-5H3,(H,14,15). The minimum atomic E-state index is -3.69. The van der Waals surface area contributed by atoms with Crippen LogP contribution in [0.1, 0.15) is 26.3 Å². The van der Waals surface area contributed by atoms with Gasteiger partial charge >= 0.3 is 16.2 Å². The molecule has 0 aliphatic heterocycles. The van der Waals surface area contributed by atoms with E-state index in [0.29, 0.717) is 5.56 Å². The Hall–Kier alpha value is -1.76. The lowest BCUT2D eigenvalue weighted by Gasteiger charge is -2.20. The molecule has 1 rings (SSSR count). The first kappa shape index (κ1) is 16.3. The molecule has 1 N–H and O–H groups in total. The van der Waals surface area contributed by atoms with E-state index >= 15 is 0 Å². The van der Waals surface area contributed by atoms with Crippen molar-refractivity contribution in [1.29, 1.82) is 0 Å². The van der Waals surface area contributed by atoms with Crippen molar-refractivity contribution in [1.82, 2.24) is 0 Å². The summed E-state index contributed by atoms with van der Waals surface area (Å²) in [6.07, 6.45) is 0.262. The van der Waals surface area contributed by atoms with Crippen LogP contribution in [0, 0.1) is 6.92 Å². The van der Waals surface area contributed by atoms with Gasteiger partial charge in [0.15, 0.2) is 5.75 Å². The van der Waals surface area contributed by atoms with Crippen LogP contribution in [-0.4, -0.2) is 26.4 Å². The molecule has 7 heteroatoms. The van der Waals surface area contributed by atoms with E-state index in [9.17, 15) is 13.2 Å². The highest BCUT2D eigenvalue weighted by atomic mass is 32.2. The molecule has 0 bridgehead atoms. The predicted molar refractivity (Wildman–Crippen MR) is 76.5 cm³/mol. The zero-order valence-corrected chi connectivity index (χ0v) is 13.0. The molecule has 0 saturated heterocycles. The molecule has 0 spiro atoms. The van der Waals surface area contributed by atoms with Gasteiger partial charge in [0, 0.05) is 0 Å². The SMILES string of the molecule is Cc1cccc(NC(=O)OC(C)(C)C)c1OS(C)(=O)=O. The first-order valence-corrected chi connectivity index (χ1v) is 7.79. The first-order chi connectivity index (χ1) is 8.98. The zero-order valence-electron chi connectivity index (χ0n) is 12.2. The minimum Gasteiger partial charge on any atom is -0.444 e. The van der Waals surface area contributed by atoms with Crippen LogP contribution >= 0.6 is 0 Å². The number of ether oxygens (including phenoxy) is 1. The van der Waals surface area contributed by atoms with Gasteiger partial charge in [0.05, 0.1) is 11.9 Å². The van der Waals surface area contributed by atoms with Crippen LogP contribution < -0.4 is 9.50 Å². The molecule has 0 fully saturated rings. The van der Waals surface area contributed by atoms with Crippen LogP contribution in [0.3, 0.4) is 0 Å². The first-order valence-electron chi connectivity index (χ1n) is 5.97. The van der Waals surface area contributed by atoms with Gasteiger partial charge in [-0.15, -0.1) is 0 Å². The van der Waals surface area contributed by atoms with E-state index in [1.54, 1.807) is 39.8 Å². The molecule has 0 radical (unpaired) electrons. The second-order valence-corrected chi connectivity index (χ2v) is 6.94. The normalized spacial score (nSPS) is 11.8. The number of nitrogens with one attached hydrogen (secondary N) is 1. The number of hydrogen-bond acceptors (Lipinski definition) is 5. The Kier molecular flexibility index (Phi) is 4.65. The molecular formula is C13H19NO5S. The molecule has 1 amide bonds. The molecule has 0 aromatic heterocycles. The second kappa shape index (κ2) is 5.70. The number of para-hydroxylation sites is 1. The number of rotatable bonds is 3. The molecule has 1 aromatic rings. The average molecular weight is 301 g/mol. The number of hydrogen-bond donors (Lipinski definition) is 1. The van der Waals surface area contributed by atoms with E-state index in [4.69, 9.17) is 8.92 Å². The number of carbonyl (C=O) groups excluding carboxylic acids is 1. The van der Waals surface area contributed by atoms with Gasteiger partial charge in [0.2, 0.25) is 0 Å². The monoisotopic (exact) mass is 301 g/mol. The molecule has 0 atom stereocenters. The summed E-state index contributed by atoms with van der Waals surface area (Å²) in [5.41, 5.74) is 0.180. The highest BCUT2D eigenvalue weighted by molar-refractivity contribution is 7.86. The third-order valence-electron chi connectivity index (χ3n) is 2.08. The molecule has 0 unspecified atom stereocenters. The molecule has 0 heterocycles. The van der Waals surface area contributed by atoms with Crippen molar-refractivity contribution < 1.29 is 22.1 Å². The molecule has 112 valence electrons. The number of amides is 1. The smallest absolute Gasteiger partial charge is 0.412 e. The number of aryl methyl sites for hydroxylation is 1. The number of benzene rings is 1. The minimum absolute atomic E-state index is 0.0841. The second-order valence-electron chi connectivity index (χ2n) is 5.37. The van der Waals surface area contributed by atoms with E-state index < -0.39 is 21.8 Å². The Morgan fingerprint density at radius 1 is 1.25 bits per heavy atom. The van der Waals surface area contributed by atoms with Gasteiger partial charge in [0.25, 0.3) is 0 Å². The van der Waals surface area contributed by atoms with E-state index in [0.717, 1.165) is 6.26 Å². The van der Waals surface area contributed by atoms with Crippen molar-refractivity contribution in [2.75, 3.05) is 11.6 Å². The largest absolute Gasteiger partial charge is 0.444 e. The van der Waals surface area contributed by atoms with Gasteiger partial charge in [-0.1, -0.05) is 12.1 Å². The molecule has 6 nitrogen and oxygen atoms in total. The van der Waals surface area contributed by atoms with Crippen molar-refractivity contribution in [3.63, 3.8) is 0 Å². The van der Waals surface area contributed by atoms with Gasteiger partial charge in [-0.05, 0) is 39.3 Å². The predicted octanol–water partition coefficient (Wildman–Crippen LogP) is 2.68. The van der Waals surface area contributed by atoms with E-state index in [1.807, 2.05) is 0 Å². The lowest BCUT2D eigenvalue weighted by atomic mass is 10.2. The maximum Gasteiger partial charge on any atom is 0.412 e. The van der Waals surface area contributed by atoms with Crippen LogP contribution in [0.2, 0.25) is 0 Å². The quantitative estimate of drug-likeness (QED) is 0.868. The Morgan fingerprint density at radius 2 is 1.85 bits per heavy atom. The molecule has 1 aromatic carbocycles. The number of anilines is 1. The van der Waals surface area contributed by atoms with E-state index in [2.05, 4.69) is 5.32 Å². The Bertz CT molecular complexity index is 602. The number of carbonyl (C=O) groups is 1. The van der Waals surface area contributed by atoms with Crippen molar-refractivity contribution in [2.45, 2.75) is 33.3 Å². The maximum atomic E-state index is 11.7. The molecule has 0 aliphatic carbocycles. The van der Waals surface area contributed by atoms with E-state index in [-0.39, 0.29) is 11.4 Å². The Labute approximate surface area is 119 Å². The summed E-state index contributed by atoms with van der Waals surface area (Å²) in [5, 5.41) is 2.48. The van der Waals surface area contributed by atoms with Crippen molar-refractivity contribution in [2.24, 2.45) is 0 Å². The Balaban J connectivity index is 3.01. The summed E-state index contributed by atoms with van der Waals surface area (Å²) < 4.78 is 32.5. The molecular weight excluding hydrogens is 282 g/mol. The highest BCUT2D eigenvalue weighted by Gasteiger charge is 2.19. The summed E-state index contributed by atoms with van der Waals surface area (Å²) in [7, 11) is -3.69. The average Bonchev–Trinajstić information content (AvgIpc) is 2.18. The van der Waals surface area contributed by atoms with Gasteiger partial charge in [-0.2, -0.15) is 8.42 Å². The Morgan fingerprint density at radius 3 is 2.35 bits per heavy atom.